The smallest absolute Gasteiger partial charge is 0.228 e. The molecule has 0 spiro atoms. The van der Waals surface area contributed by atoms with Gasteiger partial charge in [-0.2, -0.15) is 4.57 Å². The molecule has 1 aromatic carbocycles. The van der Waals surface area contributed by atoms with Crippen LogP contribution in [0.5, 0.6) is 0 Å². The number of hydrogen-bond donors (Lipinski definition) is 0. The quantitative estimate of drug-likeness (QED) is 0.627. The zero-order valence-corrected chi connectivity index (χ0v) is 12.4. The topological polar surface area (TPSA) is 20.9 Å². The second-order valence-electron chi connectivity index (χ2n) is 4.61. The maximum atomic E-state index is 13.0. The van der Waals surface area contributed by atoms with Gasteiger partial charge in [0.25, 0.3) is 0 Å². The van der Waals surface area contributed by atoms with Crippen molar-refractivity contribution in [2.24, 2.45) is 0 Å². The van der Waals surface area contributed by atoms with Crippen LogP contribution in [-0.2, 0) is 6.54 Å². The molecule has 2 aromatic rings. The van der Waals surface area contributed by atoms with Crippen LogP contribution in [-0.4, -0.2) is 5.78 Å². The Hall–Kier alpha value is -1.55. The van der Waals surface area contributed by atoms with Gasteiger partial charge < -0.3 is 0 Å². The summed E-state index contributed by atoms with van der Waals surface area (Å²) < 4.78 is 15.3. The highest BCUT2D eigenvalue weighted by molar-refractivity contribution is 9.10. The van der Waals surface area contributed by atoms with E-state index in [1.54, 1.807) is 0 Å². The molecule has 19 heavy (non-hydrogen) atoms. The second kappa shape index (κ2) is 5.61. The van der Waals surface area contributed by atoms with Crippen molar-refractivity contribution in [2.75, 3.05) is 0 Å². The van der Waals surface area contributed by atoms with Gasteiger partial charge in [0.1, 0.15) is 5.82 Å². The normalized spacial score (nSPS) is 10.5. The maximum absolute atomic E-state index is 13.0. The lowest BCUT2D eigenvalue weighted by Gasteiger charge is -2.03. The monoisotopic (exact) mass is 322 g/mol. The van der Waals surface area contributed by atoms with Crippen LogP contribution in [0.3, 0.4) is 0 Å². The Balaban J connectivity index is 2.25. The molecule has 2 rings (SSSR count). The van der Waals surface area contributed by atoms with Gasteiger partial charge in [-0.25, -0.2) is 4.39 Å². The standard InChI is InChI=1S/C15H14BrFNO/c1-10-5-11(2)8-18(7-10)9-15(19)13-4-3-12(17)6-14(13)16/h3-8H,9H2,1-2H3/q+1. The molecule has 0 fully saturated rings. The van der Waals surface area contributed by atoms with Crippen LogP contribution in [0.4, 0.5) is 4.39 Å². The molecule has 0 saturated heterocycles. The van der Waals surface area contributed by atoms with Crippen LogP contribution in [0.2, 0.25) is 0 Å². The third-order valence-electron chi connectivity index (χ3n) is 2.75. The fraction of sp³-hybridized carbons (Fsp3) is 0.200. The van der Waals surface area contributed by atoms with E-state index < -0.39 is 0 Å². The molecule has 2 nitrogen and oxygen atoms in total. The number of ketones is 1. The predicted molar refractivity (Wildman–Crippen MR) is 74.5 cm³/mol. The average molecular weight is 323 g/mol. The highest BCUT2D eigenvalue weighted by Crippen LogP contribution is 2.18. The second-order valence-corrected chi connectivity index (χ2v) is 5.46. The summed E-state index contributed by atoms with van der Waals surface area (Å²) in [7, 11) is 0. The summed E-state index contributed by atoms with van der Waals surface area (Å²) in [4.78, 5) is 12.2. The third kappa shape index (κ3) is 3.47. The van der Waals surface area contributed by atoms with Crippen LogP contribution in [0.25, 0.3) is 0 Å². The van der Waals surface area contributed by atoms with Crippen molar-refractivity contribution in [1.29, 1.82) is 0 Å². The number of nitrogens with zero attached hydrogens (tertiary/aromatic N) is 1. The Morgan fingerprint density at radius 3 is 2.42 bits per heavy atom. The van der Waals surface area contributed by atoms with Crippen molar-refractivity contribution in [2.45, 2.75) is 20.4 Å². The maximum Gasteiger partial charge on any atom is 0.228 e. The number of carbonyl (C=O) groups is 1. The van der Waals surface area contributed by atoms with Crippen molar-refractivity contribution < 1.29 is 13.8 Å². The molecule has 0 unspecified atom stereocenters. The van der Waals surface area contributed by atoms with E-state index in [2.05, 4.69) is 22.0 Å². The van der Waals surface area contributed by atoms with E-state index in [0.29, 0.717) is 10.0 Å². The first-order valence-electron chi connectivity index (χ1n) is 5.91. The number of halogens is 2. The average Bonchev–Trinajstić information content (AvgIpc) is 2.26. The first-order chi connectivity index (χ1) is 8.95. The van der Waals surface area contributed by atoms with Gasteiger partial charge in [-0.15, -0.1) is 0 Å². The number of aryl methyl sites for hydroxylation is 2. The molecule has 1 aromatic heterocycles. The first kappa shape index (κ1) is 13.9. The summed E-state index contributed by atoms with van der Waals surface area (Å²) in [5, 5.41) is 0. The van der Waals surface area contributed by atoms with E-state index in [1.807, 2.05) is 30.8 Å². The van der Waals surface area contributed by atoms with Gasteiger partial charge in [0.2, 0.25) is 12.3 Å². The SMILES string of the molecule is Cc1cc(C)c[n+](CC(=O)c2ccc(F)cc2Br)c1. The Labute approximate surface area is 120 Å². The van der Waals surface area contributed by atoms with Gasteiger partial charge in [-0.05, 0) is 54.0 Å². The minimum Gasteiger partial charge on any atom is -0.287 e. The molecule has 4 heteroatoms. The molecule has 0 saturated carbocycles. The van der Waals surface area contributed by atoms with Crippen LogP contribution in [0.15, 0.2) is 41.1 Å². The zero-order valence-electron chi connectivity index (χ0n) is 10.8. The van der Waals surface area contributed by atoms with Gasteiger partial charge in [0, 0.05) is 21.2 Å². The fourth-order valence-electron chi connectivity index (χ4n) is 2.05. The molecule has 0 radical (unpaired) electrons. The molecule has 0 aliphatic rings. The zero-order chi connectivity index (χ0) is 14.0. The van der Waals surface area contributed by atoms with Gasteiger partial charge >= 0.3 is 0 Å². The van der Waals surface area contributed by atoms with Crippen LogP contribution < -0.4 is 4.57 Å². The van der Waals surface area contributed by atoms with E-state index in [4.69, 9.17) is 0 Å². The van der Waals surface area contributed by atoms with E-state index >= 15 is 0 Å². The van der Waals surface area contributed by atoms with E-state index in [1.165, 1.54) is 18.2 Å². The van der Waals surface area contributed by atoms with Crippen LogP contribution in [0, 0.1) is 19.7 Å². The molecule has 0 amide bonds. The molecule has 0 aliphatic carbocycles. The summed E-state index contributed by atoms with van der Waals surface area (Å²) in [5.41, 5.74) is 2.70. The van der Waals surface area contributed by atoms with Crippen LogP contribution >= 0.6 is 15.9 Å². The minimum absolute atomic E-state index is 0.0538. The van der Waals surface area contributed by atoms with Crippen LogP contribution in [0.1, 0.15) is 21.5 Å². The molecule has 0 N–H and O–H groups in total. The van der Waals surface area contributed by atoms with E-state index in [0.717, 1.165) is 11.1 Å². The molecule has 0 aliphatic heterocycles. The van der Waals surface area contributed by atoms with Crippen molar-refractivity contribution >= 4 is 21.7 Å². The number of carbonyl (C=O) groups excluding carboxylic acids is 1. The summed E-state index contributed by atoms with van der Waals surface area (Å²) in [6, 6.07) is 6.16. The Kier molecular flexibility index (Phi) is 4.10. The van der Waals surface area contributed by atoms with Gasteiger partial charge in [-0.3, -0.25) is 4.79 Å². The lowest BCUT2D eigenvalue weighted by Crippen LogP contribution is -2.38. The molecule has 1 heterocycles. The molecule has 0 bridgehead atoms. The summed E-state index contributed by atoms with van der Waals surface area (Å²) in [6.45, 7) is 4.22. The first-order valence-corrected chi connectivity index (χ1v) is 6.70. The molecular weight excluding hydrogens is 309 g/mol. The number of benzene rings is 1. The Morgan fingerprint density at radius 2 is 1.84 bits per heavy atom. The molecular formula is C15H14BrFNO+. The molecule has 0 atom stereocenters. The van der Waals surface area contributed by atoms with Gasteiger partial charge in [-0.1, -0.05) is 0 Å². The lowest BCUT2D eigenvalue weighted by atomic mass is 10.1. The number of aromatic nitrogens is 1. The lowest BCUT2D eigenvalue weighted by molar-refractivity contribution is -0.683. The van der Waals surface area contributed by atoms with Crippen molar-refractivity contribution in [3.8, 4) is 0 Å². The third-order valence-corrected chi connectivity index (χ3v) is 3.41. The summed E-state index contributed by atoms with van der Waals surface area (Å²) in [6.07, 6.45) is 3.84. The highest BCUT2D eigenvalue weighted by atomic mass is 79.9. The Bertz CT molecular complexity index is 620. The number of rotatable bonds is 3. The van der Waals surface area contributed by atoms with Crippen molar-refractivity contribution in [3.63, 3.8) is 0 Å². The summed E-state index contributed by atoms with van der Waals surface area (Å²) in [5.74, 6) is -0.413. The van der Waals surface area contributed by atoms with E-state index in [9.17, 15) is 9.18 Å². The summed E-state index contributed by atoms with van der Waals surface area (Å²) >= 11 is 3.22. The number of Topliss-reactive ketones (excluding diaryl/α,β-unsaturated/α-hetero) is 1. The Morgan fingerprint density at radius 1 is 1.21 bits per heavy atom. The largest absolute Gasteiger partial charge is 0.287 e. The van der Waals surface area contributed by atoms with Gasteiger partial charge in [0.15, 0.2) is 12.4 Å². The fourth-order valence-corrected chi connectivity index (χ4v) is 2.62. The van der Waals surface area contributed by atoms with Gasteiger partial charge in [0.05, 0.1) is 0 Å². The minimum atomic E-state index is -0.359. The highest BCUT2D eigenvalue weighted by Gasteiger charge is 2.16. The predicted octanol–water partition coefficient (Wildman–Crippen LogP) is 3.38. The van der Waals surface area contributed by atoms with E-state index in [-0.39, 0.29) is 18.1 Å². The van der Waals surface area contributed by atoms with Crippen molar-refractivity contribution in [1.82, 2.24) is 0 Å². The van der Waals surface area contributed by atoms with Crippen molar-refractivity contribution in [3.05, 3.63) is 63.6 Å². The number of hydrogen-bond acceptors (Lipinski definition) is 1. The molecule has 98 valence electrons. The number of pyridine rings is 1.